The maximum absolute atomic E-state index is 10.9. The minimum Gasteiger partial charge on any atom is -0.364 e. The van der Waals surface area contributed by atoms with Crippen molar-refractivity contribution < 1.29 is 4.79 Å². The molecule has 0 fully saturated rings. The van der Waals surface area contributed by atoms with Gasteiger partial charge < -0.3 is 5.73 Å². The highest BCUT2D eigenvalue weighted by Gasteiger charge is 2.23. The van der Waals surface area contributed by atoms with Gasteiger partial charge in [0.05, 0.1) is 10.6 Å². The highest BCUT2D eigenvalue weighted by Crippen LogP contribution is 2.26. The molecule has 0 aliphatic carbocycles. The Balaban J connectivity index is 2.57. The number of para-hydroxylation sites is 1. The maximum Gasteiger partial charge on any atom is 0.268 e. The van der Waals surface area contributed by atoms with Crippen molar-refractivity contribution in [1.82, 2.24) is 0 Å². The molecule has 2 rings (SSSR count). The van der Waals surface area contributed by atoms with E-state index in [1.807, 2.05) is 18.2 Å². The van der Waals surface area contributed by atoms with E-state index in [9.17, 15) is 4.79 Å². The molecule has 4 heteroatoms. The number of rotatable bonds is 1. The molecule has 1 heterocycles. The van der Waals surface area contributed by atoms with Gasteiger partial charge in [-0.2, -0.15) is 0 Å². The number of hydrogen-bond donors (Lipinski definition) is 1. The molecule has 1 amide bonds. The lowest BCUT2D eigenvalue weighted by Crippen LogP contribution is -2.27. The molecule has 3 nitrogen and oxygen atoms in total. The summed E-state index contributed by atoms with van der Waals surface area (Å²) in [4.78, 5) is 15.4. The predicted octanol–water partition coefficient (Wildman–Crippen LogP) is 0.976. The number of carbonyl (C=O) groups excluding carboxylic acids is 1. The number of nitrogens with zero attached hydrogens (tertiary/aromatic N) is 1. The average molecular weight is 190 g/mol. The lowest BCUT2D eigenvalue weighted by atomic mass is 10.1. The van der Waals surface area contributed by atoms with Gasteiger partial charge in [0.15, 0.2) is 0 Å². The number of nitrogens with two attached hydrogens (primary N) is 1. The summed E-state index contributed by atoms with van der Waals surface area (Å²) in [6.07, 6.45) is 0. The Labute approximate surface area is 80.3 Å². The van der Waals surface area contributed by atoms with Gasteiger partial charge in [-0.3, -0.25) is 4.79 Å². The van der Waals surface area contributed by atoms with Crippen LogP contribution in [0.3, 0.4) is 0 Å². The SMILES string of the molecule is NC(=O)C1=Nc2ccccc2C1=S. The number of benzene rings is 1. The monoisotopic (exact) mass is 190 g/mol. The molecule has 1 aromatic carbocycles. The smallest absolute Gasteiger partial charge is 0.268 e. The van der Waals surface area contributed by atoms with Crippen molar-refractivity contribution in [2.45, 2.75) is 0 Å². The number of amides is 1. The molecule has 0 saturated carbocycles. The van der Waals surface area contributed by atoms with E-state index in [4.69, 9.17) is 18.0 Å². The molecule has 1 aliphatic rings. The van der Waals surface area contributed by atoms with Gasteiger partial charge in [0, 0.05) is 5.56 Å². The minimum absolute atomic E-state index is 0.191. The molecule has 2 N–H and O–H groups in total. The predicted molar refractivity (Wildman–Crippen MR) is 54.4 cm³/mol. The summed E-state index contributed by atoms with van der Waals surface area (Å²) < 4.78 is 0. The second-order valence-electron chi connectivity index (χ2n) is 2.67. The molecule has 64 valence electrons. The largest absolute Gasteiger partial charge is 0.364 e. The summed E-state index contributed by atoms with van der Waals surface area (Å²) in [5.74, 6) is -0.568. The van der Waals surface area contributed by atoms with Crippen molar-refractivity contribution >= 4 is 34.4 Å². The summed E-state index contributed by atoms with van der Waals surface area (Å²) in [7, 11) is 0. The highest BCUT2D eigenvalue weighted by molar-refractivity contribution is 7.83. The lowest BCUT2D eigenvalue weighted by molar-refractivity contribution is -0.111. The number of carbonyl (C=O) groups is 1. The standard InChI is InChI=1S/C9H6N2OS/c10-9(12)7-8(13)5-3-1-2-4-6(5)11-7/h1-4H,(H2,10,12). The van der Waals surface area contributed by atoms with E-state index in [2.05, 4.69) is 4.99 Å². The molecule has 0 aromatic heterocycles. The van der Waals surface area contributed by atoms with E-state index in [0.717, 1.165) is 11.3 Å². The van der Waals surface area contributed by atoms with Crippen LogP contribution in [0.2, 0.25) is 0 Å². The number of aliphatic imine (C=N–C) groups is 1. The molecule has 1 aromatic rings. The van der Waals surface area contributed by atoms with Gasteiger partial charge in [-0.05, 0) is 6.07 Å². The van der Waals surface area contributed by atoms with Crippen LogP contribution in [-0.2, 0) is 4.79 Å². The van der Waals surface area contributed by atoms with Crippen LogP contribution in [0, 0.1) is 0 Å². The fraction of sp³-hybridized carbons (Fsp3) is 0. The van der Waals surface area contributed by atoms with Crippen molar-refractivity contribution in [2.24, 2.45) is 10.7 Å². The highest BCUT2D eigenvalue weighted by atomic mass is 32.1. The van der Waals surface area contributed by atoms with Crippen molar-refractivity contribution in [1.29, 1.82) is 0 Å². The van der Waals surface area contributed by atoms with Gasteiger partial charge in [-0.15, -0.1) is 0 Å². The van der Waals surface area contributed by atoms with Crippen LogP contribution in [0.5, 0.6) is 0 Å². The Morgan fingerprint density at radius 3 is 2.69 bits per heavy atom. The third-order valence-corrected chi connectivity index (χ3v) is 2.24. The van der Waals surface area contributed by atoms with E-state index in [0.29, 0.717) is 4.86 Å². The fourth-order valence-corrected chi connectivity index (χ4v) is 1.55. The first-order valence-corrected chi connectivity index (χ1v) is 4.13. The summed E-state index contributed by atoms with van der Waals surface area (Å²) in [5.41, 5.74) is 6.84. The molecule has 0 atom stereocenters. The van der Waals surface area contributed by atoms with Gasteiger partial charge >= 0.3 is 0 Å². The Hall–Kier alpha value is -1.55. The third-order valence-electron chi connectivity index (χ3n) is 1.83. The summed E-state index contributed by atoms with van der Waals surface area (Å²) >= 11 is 5.04. The Morgan fingerprint density at radius 2 is 2.08 bits per heavy atom. The zero-order chi connectivity index (χ0) is 9.42. The topological polar surface area (TPSA) is 55.5 Å². The van der Waals surface area contributed by atoms with Gasteiger partial charge in [-0.25, -0.2) is 4.99 Å². The number of fused-ring (bicyclic) bond motifs is 1. The molecule has 0 unspecified atom stereocenters. The third kappa shape index (κ3) is 1.15. The minimum atomic E-state index is -0.568. The Morgan fingerprint density at radius 1 is 1.38 bits per heavy atom. The van der Waals surface area contributed by atoms with Gasteiger partial charge in [0.1, 0.15) is 5.71 Å². The van der Waals surface area contributed by atoms with Crippen LogP contribution in [0.4, 0.5) is 5.69 Å². The molecule has 0 saturated heterocycles. The van der Waals surface area contributed by atoms with Crippen LogP contribution in [0.1, 0.15) is 5.56 Å². The molecular formula is C9H6N2OS. The quantitative estimate of drug-likeness (QED) is 0.671. The maximum atomic E-state index is 10.9. The van der Waals surface area contributed by atoms with Gasteiger partial charge in [0.25, 0.3) is 5.91 Å². The van der Waals surface area contributed by atoms with Crippen molar-refractivity contribution in [2.75, 3.05) is 0 Å². The Bertz CT molecular complexity index is 437. The first-order valence-electron chi connectivity index (χ1n) is 3.72. The van der Waals surface area contributed by atoms with E-state index < -0.39 is 5.91 Å². The molecule has 0 radical (unpaired) electrons. The number of thiocarbonyl (C=S) groups is 1. The average Bonchev–Trinajstić information content (AvgIpc) is 2.45. The van der Waals surface area contributed by atoms with Crippen LogP contribution in [-0.4, -0.2) is 16.5 Å². The molecule has 13 heavy (non-hydrogen) atoms. The van der Waals surface area contributed by atoms with E-state index in [1.54, 1.807) is 6.07 Å². The van der Waals surface area contributed by atoms with Crippen LogP contribution >= 0.6 is 12.2 Å². The first-order chi connectivity index (χ1) is 6.20. The lowest BCUT2D eigenvalue weighted by Gasteiger charge is -1.94. The van der Waals surface area contributed by atoms with Crippen molar-refractivity contribution in [3.63, 3.8) is 0 Å². The van der Waals surface area contributed by atoms with E-state index in [1.165, 1.54) is 0 Å². The molecule has 0 bridgehead atoms. The summed E-state index contributed by atoms with van der Waals surface area (Å²) in [6, 6.07) is 7.33. The number of hydrogen-bond acceptors (Lipinski definition) is 3. The summed E-state index contributed by atoms with van der Waals surface area (Å²) in [5, 5.41) is 0. The second-order valence-corrected chi connectivity index (χ2v) is 3.08. The second kappa shape index (κ2) is 2.74. The van der Waals surface area contributed by atoms with Crippen LogP contribution < -0.4 is 5.73 Å². The molecule has 1 aliphatic heterocycles. The van der Waals surface area contributed by atoms with Gasteiger partial charge in [0.2, 0.25) is 0 Å². The Kier molecular flexibility index (Phi) is 1.70. The van der Waals surface area contributed by atoms with Gasteiger partial charge in [-0.1, -0.05) is 30.4 Å². The number of primary amides is 1. The molecule has 0 spiro atoms. The normalized spacial score (nSPS) is 13.8. The molecular weight excluding hydrogens is 184 g/mol. The van der Waals surface area contributed by atoms with Crippen molar-refractivity contribution in [3.05, 3.63) is 29.8 Å². The van der Waals surface area contributed by atoms with Crippen molar-refractivity contribution in [3.8, 4) is 0 Å². The first kappa shape index (κ1) is 8.07. The summed E-state index contributed by atoms with van der Waals surface area (Å²) in [6.45, 7) is 0. The zero-order valence-electron chi connectivity index (χ0n) is 6.65. The van der Waals surface area contributed by atoms with E-state index in [-0.39, 0.29) is 5.71 Å². The van der Waals surface area contributed by atoms with E-state index >= 15 is 0 Å². The fourth-order valence-electron chi connectivity index (χ4n) is 1.23. The zero-order valence-corrected chi connectivity index (χ0v) is 7.47. The van der Waals surface area contributed by atoms with Crippen LogP contribution in [0.15, 0.2) is 29.3 Å². The van der Waals surface area contributed by atoms with Crippen LogP contribution in [0.25, 0.3) is 0 Å².